The van der Waals surface area contributed by atoms with Gasteiger partial charge in [-0.3, -0.25) is 4.90 Å². The van der Waals surface area contributed by atoms with E-state index in [4.69, 9.17) is 18.0 Å². The molecule has 0 spiro atoms. The van der Waals surface area contributed by atoms with Gasteiger partial charge in [-0.15, -0.1) is 0 Å². The van der Waals surface area contributed by atoms with E-state index >= 15 is 0 Å². The fourth-order valence-corrected chi connectivity index (χ4v) is 3.91. The van der Waals surface area contributed by atoms with Crippen LogP contribution in [0.5, 0.6) is 0 Å². The molecule has 1 atom stereocenters. The van der Waals surface area contributed by atoms with E-state index in [-0.39, 0.29) is 4.99 Å². The van der Waals surface area contributed by atoms with E-state index in [0.717, 1.165) is 13.1 Å². The zero-order valence-corrected chi connectivity index (χ0v) is 11.6. The minimum atomic E-state index is -3.35. The zero-order chi connectivity index (χ0) is 12.6. The van der Waals surface area contributed by atoms with Crippen LogP contribution in [0.25, 0.3) is 0 Å². The highest BCUT2D eigenvalue weighted by atomic mass is 32.2. The van der Waals surface area contributed by atoms with Crippen LogP contribution in [-0.4, -0.2) is 60.1 Å². The predicted molar refractivity (Wildman–Crippen MR) is 71.3 cm³/mol. The molecule has 1 saturated heterocycles. The van der Waals surface area contributed by atoms with E-state index < -0.39 is 15.3 Å². The number of piperazine rings is 1. The highest BCUT2D eigenvalue weighted by Gasteiger charge is 2.36. The van der Waals surface area contributed by atoms with Gasteiger partial charge < -0.3 is 5.73 Å². The van der Waals surface area contributed by atoms with Crippen LogP contribution in [0.4, 0.5) is 0 Å². The zero-order valence-electron chi connectivity index (χ0n) is 10.0. The molecule has 17 heavy (non-hydrogen) atoms. The van der Waals surface area contributed by atoms with Gasteiger partial charge in [-0.05, 0) is 19.8 Å². The molecule has 7 heteroatoms. The number of hydrogen-bond donors (Lipinski definition) is 1. The molecule has 1 aliphatic carbocycles. The van der Waals surface area contributed by atoms with Crippen LogP contribution >= 0.6 is 12.2 Å². The number of rotatable bonds is 4. The lowest BCUT2D eigenvalue weighted by atomic mass is 10.3. The minimum absolute atomic E-state index is 0.0506. The maximum atomic E-state index is 12.2. The molecule has 5 nitrogen and oxygen atoms in total. The Bertz CT molecular complexity index is 398. The Kier molecular flexibility index (Phi) is 3.72. The number of sulfonamides is 1. The summed E-state index contributed by atoms with van der Waals surface area (Å²) in [5, 5.41) is -0.759. The largest absolute Gasteiger partial charge is 0.392 e. The van der Waals surface area contributed by atoms with Crippen LogP contribution in [0.3, 0.4) is 0 Å². The molecule has 0 bridgehead atoms. The summed E-state index contributed by atoms with van der Waals surface area (Å²) < 4.78 is 25.8. The van der Waals surface area contributed by atoms with Crippen molar-refractivity contribution in [1.29, 1.82) is 0 Å². The fourth-order valence-electron chi connectivity index (χ4n) is 2.13. The first-order valence-electron chi connectivity index (χ1n) is 5.95. The maximum absolute atomic E-state index is 12.2. The van der Waals surface area contributed by atoms with Crippen LogP contribution < -0.4 is 5.73 Å². The average molecular weight is 277 g/mol. The second kappa shape index (κ2) is 4.79. The molecule has 2 N–H and O–H groups in total. The molecule has 98 valence electrons. The van der Waals surface area contributed by atoms with Crippen LogP contribution in [0.15, 0.2) is 0 Å². The Balaban J connectivity index is 1.97. The van der Waals surface area contributed by atoms with Crippen molar-refractivity contribution in [3.8, 4) is 0 Å². The third kappa shape index (κ3) is 2.78. The Labute approximate surface area is 108 Å². The van der Waals surface area contributed by atoms with E-state index in [0.29, 0.717) is 19.1 Å². The molecular weight excluding hydrogens is 258 g/mol. The summed E-state index contributed by atoms with van der Waals surface area (Å²) in [4.78, 5) is 2.42. The van der Waals surface area contributed by atoms with Crippen molar-refractivity contribution in [2.75, 3.05) is 26.2 Å². The predicted octanol–water partition coefficient (Wildman–Crippen LogP) is -0.229. The van der Waals surface area contributed by atoms with E-state index in [2.05, 4.69) is 4.90 Å². The molecule has 0 aromatic carbocycles. The summed E-state index contributed by atoms with van der Waals surface area (Å²) in [6, 6.07) is 0.702. The highest BCUT2D eigenvalue weighted by Crippen LogP contribution is 2.28. The van der Waals surface area contributed by atoms with Crippen LogP contribution in [0, 0.1) is 0 Å². The Morgan fingerprint density at radius 1 is 1.29 bits per heavy atom. The van der Waals surface area contributed by atoms with Crippen LogP contribution in [-0.2, 0) is 10.0 Å². The summed E-state index contributed by atoms with van der Waals surface area (Å²) in [6.07, 6.45) is 2.52. The lowest BCUT2D eigenvalue weighted by molar-refractivity contribution is 0.180. The average Bonchev–Trinajstić information content (AvgIpc) is 3.12. The molecule has 1 aliphatic heterocycles. The van der Waals surface area contributed by atoms with Gasteiger partial charge in [0.2, 0.25) is 10.0 Å². The van der Waals surface area contributed by atoms with Gasteiger partial charge in [-0.1, -0.05) is 12.2 Å². The number of nitrogens with zero attached hydrogens (tertiary/aromatic N) is 2. The molecule has 0 radical (unpaired) electrons. The van der Waals surface area contributed by atoms with Crippen molar-refractivity contribution in [3.05, 3.63) is 0 Å². The molecule has 1 unspecified atom stereocenters. The number of hydrogen-bond acceptors (Lipinski definition) is 4. The van der Waals surface area contributed by atoms with Gasteiger partial charge in [0, 0.05) is 32.2 Å². The molecular formula is C10H19N3O2S2. The van der Waals surface area contributed by atoms with Gasteiger partial charge in [0.25, 0.3) is 0 Å². The normalized spacial score (nSPS) is 25.7. The molecule has 1 saturated carbocycles. The van der Waals surface area contributed by atoms with Crippen molar-refractivity contribution >= 4 is 27.2 Å². The maximum Gasteiger partial charge on any atom is 0.223 e. The molecule has 0 aromatic rings. The fraction of sp³-hybridized carbons (Fsp3) is 0.900. The minimum Gasteiger partial charge on any atom is -0.392 e. The highest BCUT2D eigenvalue weighted by molar-refractivity contribution is 7.92. The lowest BCUT2D eigenvalue weighted by Gasteiger charge is -2.35. The van der Waals surface area contributed by atoms with Gasteiger partial charge in [-0.2, -0.15) is 4.31 Å². The Morgan fingerprint density at radius 2 is 1.82 bits per heavy atom. The van der Waals surface area contributed by atoms with Gasteiger partial charge in [0.1, 0.15) is 5.25 Å². The van der Waals surface area contributed by atoms with Gasteiger partial charge >= 0.3 is 0 Å². The molecule has 0 aromatic heterocycles. The van der Waals surface area contributed by atoms with E-state index in [1.807, 2.05) is 0 Å². The Hall–Kier alpha value is -0.240. The van der Waals surface area contributed by atoms with Gasteiger partial charge in [0.05, 0.1) is 4.99 Å². The smallest absolute Gasteiger partial charge is 0.223 e. The first-order chi connectivity index (χ1) is 7.93. The van der Waals surface area contributed by atoms with Gasteiger partial charge in [0.15, 0.2) is 0 Å². The molecule has 2 aliphatic rings. The topological polar surface area (TPSA) is 66.6 Å². The van der Waals surface area contributed by atoms with Gasteiger partial charge in [-0.25, -0.2) is 8.42 Å². The summed E-state index contributed by atoms with van der Waals surface area (Å²) >= 11 is 4.77. The quantitative estimate of drug-likeness (QED) is 0.719. The second-order valence-corrected chi connectivity index (χ2v) is 7.48. The van der Waals surface area contributed by atoms with E-state index in [1.165, 1.54) is 17.1 Å². The molecule has 0 amide bonds. The third-order valence-electron chi connectivity index (χ3n) is 3.54. The molecule has 2 rings (SSSR count). The third-order valence-corrected chi connectivity index (χ3v) is 6.28. The summed E-state index contributed by atoms with van der Waals surface area (Å²) in [6.45, 7) is 4.34. The number of thiocarbonyl (C=S) groups is 1. The van der Waals surface area contributed by atoms with Crippen molar-refractivity contribution in [2.24, 2.45) is 5.73 Å². The standard InChI is InChI=1S/C10H19N3O2S2/c1-8(10(11)16)17(14,15)13-6-4-12(5-7-13)9-2-3-9/h8-9H,2-7H2,1H3,(H2,11,16). The summed E-state index contributed by atoms with van der Waals surface area (Å²) in [7, 11) is -3.35. The lowest BCUT2D eigenvalue weighted by Crippen LogP contribution is -2.52. The van der Waals surface area contributed by atoms with Crippen molar-refractivity contribution in [3.63, 3.8) is 0 Å². The molecule has 1 heterocycles. The second-order valence-electron chi connectivity index (χ2n) is 4.76. The van der Waals surface area contributed by atoms with E-state index in [9.17, 15) is 8.42 Å². The van der Waals surface area contributed by atoms with Crippen molar-refractivity contribution in [2.45, 2.75) is 31.1 Å². The first-order valence-corrected chi connectivity index (χ1v) is 7.86. The Morgan fingerprint density at radius 3 is 2.24 bits per heavy atom. The molecule has 2 fully saturated rings. The SMILES string of the molecule is CC(C(N)=S)S(=O)(=O)N1CCN(C2CC2)CC1. The number of nitrogens with two attached hydrogens (primary N) is 1. The summed E-state index contributed by atoms with van der Waals surface area (Å²) in [5.74, 6) is 0. The summed E-state index contributed by atoms with van der Waals surface area (Å²) in [5.41, 5.74) is 5.43. The van der Waals surface area contributed by atoms with Crippen LogP contribution in [0.2, 0.25) is 0 Å². The first kappa shape index (κ1) is 13.2. The van der Waals surface area contributed by atoms with Crippen molar-refractivity contribution in [1.82, 2.24) is 9.21 Å². The monoisotopic (exact) mass is 277 g/mol. The van der Waals surface area contributed by atoms with Crippen LogP contribution in [0.1, 0.15) is 19.8 Å². The van der Waals surface area contributed by atoms with E-state index in [1.54, 1.807) is 6.92 Å². The van der Waals surface area contributed by atoms with Crippen molar-refractivity contribution < 1.29 is 8.42 Å².